The van der Waals surface area contributed by atoms with Gasteiger partial charge >= 0.3 is 5.82 Å². The molecule has 10 heteroatoms. The van der Waals surface area contributed by atoms with E-state index in [0.717, 1.165) is 4.68 Å². The number of hydrogen-bond acceptors (Lipinski definition) is 5. The lowest BCUT2D eigenvalue weighted by atomic mass is 10.4. The van der Waals surface area contributed by atoms with Crippen molar-refractivity contribution in [1.82, 2.24) is 24.9 Å². The van der Waals surface area contributed by atoms with Crippen molar-refractivity contribution in [2.75, 3.05) is 6.54 Å². The van der Waals surface area contributed by atoms with E-state index in [2.05, 4.69) is 15.5 Å². The predicted octanol–water partition coefficient (Wildman–Crippen LogP) is 1.16. The van der Waals surface area contributed by atoms with Crippen LogP contribution in [0, 0.1) is 17.0 Å². The van der Waals surface area contributed by atoms with Crippen LogP contribution in [0.4, 0.5) is 5.82 Å². The molecule has 0 saturated heterocycles. The summed E-state index contributed by atoms with van der Waals surface area (Å²) in [5.74, 6) is -0.525. The van der Waals surface area contributed by atoms with Crippen molar-refractivity contribution in [3.05, 3.63) is 39.3 Å². The molecule has 0 aromatic carbocycles. The Kier molecular flexibility index (Phi) is 5.10. The molecule has 0 atom stereocenters. The quantitative estimate of drug-likeness (QED) is 0.466. The van der Waals surface area contributed by atoms with Gasteiger partial charge in [0.25, 0.3) is 5.91 Å². The number of carbonyl (C=O) groups excluding carboxylic acids is 1. The number of aromatic nitrogens is 4. The van der Waals surface area contributed by atoms with Gasteiger partial charge in [-0.3, -0.25) is 9.48 Å². The number of nitrogens with one attached hydrogen (secondary N) is 1. The SMILES string of the molecule is Cc1cc([N+](=O)[O-])n(CC(=O)NCCCn2cc(Cl)cn2)n1. The van der Waals surface area contributed by atoms with Crippen LogP contribution in [0.25, 0.3) is 0 Å². The molecule has 0 radical (unpaired) electrons. The van der Waals surface area contributed by atoms with Gasteiger partial charge in [-0.15, -0.1) is 4.68 Å². The van der Waals surface area contributed by atoms with E-state index in [9.17, 15) is 14.9 Å². The number of aryl methyl sites for hydroxylation is 2. The van der Waals surface area contributed by atoms with Crippen molar-refractivity contribution in [1.29, 1.82) is 0 Å². The zero-order valence-corrected chi connectivity index (χ0v) is 12.7. The Labute approximate surface area is 131 Å². The lowest BCUT2D eigenvalue weighted by molar-refractivity contribution is -0.392. The number of nitrogens with zero attached hydrogens (tertiary/aromatic N) is 5. The van der Waals surface area contributed by atoms with Gasteiger partial charge < -0.3 is 15.4 Å². The van der Waals surface area contributed by atoms with Crippen LogP contribution >= 0.6 is 11.6 Å². The summed E-state index contributed by atoms with van der Waals surface area (Å²) >= 11 is 5.74. The van der Waals surface area contributed by atoms with Crippen LogP contribution in [-0.2, 0) is 17.9 Å². The molecule has 2 aromatic heterocycles. The average molecular weight is 327 g/mol. The Balaban J connectivity index is 1.77. The highest BCUT2D eigenvalue weighted by Crippen LogP contribution is 2.12. The van der Waals surface area contributed by atoms with Crippen LogP contribution in [0.1, 0.15) is 12.1 Å². The highest BCUT2D eigenvalue weighted by Gasteiger charge is 2.19. The molecule has 9 nitrogen and oxygen atoms in total. The second-order valence-electron chi connectivity index (χ2n) is 4.68. The van der Waals surface area contributed by atoms with Gasteiger partial charge in [0.05, 0.1) is 23.0 Å². The van der Waals surface area contributed by atoms with Crippen LogP contribution in [0.2, 0.25) is 5.02 Å². The summed E-state index contributed by atoms with van der Waals surface area (Å²) in [5, 5.41) is 22.0. The van der Waals surface area contributed by atoms with E-state index in [1.165, 1.54) is 6.07 Å². The van der Waals surface area contributed by atoms with Gasteiger partial charge in [0, 0.05) is 19.3 Å². The first kappa shape index (κ1) is 16.0. The predicted molar refractivity (Wildman–Crippen MR) is 78.5 cm³/mol. The molecule has 0 aliphatic rings. The minimum Gasteiger partial charge on any atom is -0.358 e. The fourth-order valence-corrected chi connectivity index (χ4v) is 2.07. The van der Waals surface area contributed by atoms with E-state index < -0.39 is 4.92 Å². The van der Waals surface area contributed by atoms with Crippen molar-refractivity contribution >= 4 is 23.3 Å². The Morgan fingerprint density at radius 1 is 1.55 bits per heavy atom. The summed E-state index contributed by atoms with van der Waals surface area (Å²) < 4.78 is 2.76. The summed E-state index contributed by atoms with van der Waals surface area (Å²) in [4.78, 5) is 22.0. The van der Waals surface area contributed by atoms with Gasteiger partial charge in [-0.05, 0) is 18.3 Å². The average Bonchev–Trinajstić information content (AvgIpc) is 3.01. The van der Waals surface area contributed by atoms with Gasteiger partial charge in [-0.25, -0.2) is 0 Å². The smallest absolute Gasteiger partial charge is 0.345 e. The van der Waals surface area contributed by atoms with Crippen LogP contribution in [0.3, 0.4) is 0 Å². The molecule has 0 unspecified atom stereocenters. The molecule has 0 spiro atoms. The van der Waals surface area contributed by atoms with Gasteiger partial charge in [0.1, 0.15) is 0 Å². The van der Waals surface area contributed by atoms with E-state index in [1.807, 2.05) is 0 Å². The largest absolute Gasteiger partial charge is 0.358 e. The van der Waals surface area contributed by atoms with Gasteiger partial charge in [-0.1, -0.05) is 16.7 Å². The molecular weight excluding hydrogens is 312 g/mol. The Morgan fingerprint density at radius 2 is 2.32 bits per heavy atom. The first-order chi connectivity index (χ1) is 10.5. The van der Waals surface area contributed by atoms with Crippen molar-refractivity contribution in [2.45, 2.75) is 26.4 Å². The number of nitro groups is 1. The molecule has 118 valence electrons. The van der Waals surface area contributed by atoms with E-state index >= 15 is 0 Å². The zero-order chi connectivity index (χ0) is 16.1. The van der Waals surface area contributed by atoms with Gasteiger partial charge in [0.15, 0.2) is 6.54 Å². The number of carbonyl (C=O) groups is 1. The Hall–Kier alpha value is -2.42. The summed E-state index contributed by atoms with van der Waals surface area (Å²) in [5.41, 5.74) is 0.495. The van der Waals surface area contributed by atoms with E-state index in [4.69, 9.17) is 11.6 Å². The molecule has 0 fully saturated rings. The summed E-state index contributed by atoms with van der Waals surface area (Å²) in [6.07, 6.45) is 3.91. The third kappa shape index (κ3) is 4.29. The van der Waals surface area contributed by atoms with Crippen LogP contribution in [0.15, 0.2) is 18.5 Å². The Bertz CT molecular complexity index is 680. The maximum Gasteiger partial charge on any atom is 0.345 e. The lowest BCUT2D eigenvalue weighted by Gasteiger charge is -2.04. The third-order valence-electron chi connectivity index (χ3n) is 2.85. The minimum absolute atomic E-state index is 0.183. The fraction of sp³-hybridized carbons (Fsp3) is 0.417. The second-order valence-corrected chi connectivity index (χ2v) is 5.12. The first-order valence-electron chi connectivity index (χ1n) is 6.59. The van der Waals surface area contributed by atoms with Gasteiger partial charge in [0.2, 0.25) is 0 Å². The first-order valence-corrected chi connectivity index (χ1v) is 6.97. The molecule has 1 amide bonds. The number of rotatable bonds is 7. The van der Waals surface area contributed by atoms with E-state index in [-0.39, 0.29) is 18.3 Å². The molecular formula is C12H15ClN6O3. The monoisotopic (exact) mass is 326 g/mol. The van der Waals surface area contributed by atoms with E-state index in [1.54, 1.807) is 24.0 Å². The molecule has 1 N–H and O–H groups in total. The van der Waals surface area contributed by atoms with E-state index in [0.29, 0.717) is 30.2 Å². The maximum atomic E-state index is 11.8. The van der Waals surface area contributed by atoms with Crippen molar-refractivity contribution in [2.24, 2.45) is 0 Å². The number of hydrogen-bond donors (Lipinski definition) is 1. The summed E-state index contributed by atoms with van der Waals surface area (Å²) in [7, 11) is 0. The van der Waals surface area contributed by atoms with Crippen molar-refractivity contribution in [3.63, 3.8) is 0 Å². The summed E-state index contributed by atoms with van der Waals surface area (Å²) in [6.45, 7) is 2.51. The molecule has 0 aliphatic heterocycles. The maximum absolute atomic E-state index is 11.8. The second kappa shape index (κ2) is 7.03. The third-order valence-corrected chi connectivity index (χ3v) is 3.04. The van der Waals surface area contributed by atoms with Crippen molar-refractivity contribution < 1.29 is 9.72 Å². The lowest BCUT2D eigenvalue weighted by Crippen LogP contribution is -2.29. The van der Waals surface area contributed by atoms with Crippen molar-refractivity contribution in [3.8, 4) is 0 Å². The molecule has 2 rings (SSSR count). The van der Waals surface area contributed by atoms with Crippen LogP contribution in [-0.4, -0.2) is 36.9 Å². The molecule has 22 heavy (non-hydrogen) atoms. The highest BCUT2D eigenvalue weighted by atomic mass is 35.5. The van der Waals surface area contributed by atoms with Crippen LogP contribution in [0.5, 0.6) is 0 Å². The molecule has 0 bridgehead atoms. The minimum atomic E-state index is -0.561. The number of amides is 1. The Morgan fingerprint density at radius 3 is 2.95 bits per heavy atom. The fourth-order valence-electron chi connectivity index (χ4n) is 1.92. The zero-order valence-electron chi connectivity index (χ0n) is 11.9. The highest BCUT2D eigenvalue weighted by molar-refractivity contribution is 6.30. The standard InChI is InChI=1S/C12H15ClN6O3/c1-9-5-12(19(21)22)18(16-9)8-11(20)14-3-2-4-17-7-10(13)6-15-17/h5-7H,2-4,8H2,1H3,(H,14,20). The van der Waals surface area contributed by atoms with Crippen LogP contribution < -0.4 is 5.32 Å². The molecule has 2 aromatic rings. The summed E-state index contributed by atoms with van der Waals surface area (Å²) in [6, 6.07) is 1.33. The number of halogens is 1. The molecule has 0 aliphatic carbocycles. The molecule has 2 heterocycles. The normalized spacial score (nSPS) is 10.6. The topological polar surface area (TPSA) is 108 Å². The van der Waals surface area contributed by atoms with Gasteiger partial charge in [-0.2, -0.15) is 5.10 Å². The molecule has 0 saturated carbocycles.